The fraction of sp³-hybridized carbons (Fsp3) is 0.278. The Morgan fingerprint density at radius 2 is 1.89 bits per heavy atom. The Kier molecular flexibility index (Phi) is 5.13. The minimum Gasteiger partial charge on any atom is -0.444 e. The predicted molar refractivity (Wildman–Crippen MR) is 99.1 cm³/mol. The Balaban J connectivity index is 1.82. The van der Waals surface area contributed by atoms with Crippen LogP contribution in [0, 0.1) is 0 Å². The van der Waals surface area contributed by atoms with Crippen LogP contribution in [0.1, 0.15) is 11.7 Å². The highest BCUT2D eigenvalue weighted by Gasteiger charge is 2.30. The topological polar surface area (TPSA) is 96.4 Å². The van der Waals surface area contributed by atoms with Gasteiger partial charge in [0.05, 0.1) is 11.3 Å². The standard InChI is InChI=1S/C18H19N3O5S/c1-20(2)17(22)16(13-6-4-3-5-7-13)26-18(23)14-8-9-15-19-27(24,25)11-10-21(15)12-14/h3-9,12,16H,10-11H2,1-2H3/t16-/m0/s1. The van der Waals surface area contributed by atoms with Crippen molar-refractivity contribution >= 4 is 27.7 Å². The number of esters is 1. The number of hydrogen-bond acceptors (Lipinski definition) is 6. The SMILES string of the molecule is CN(C)C(=O)[C@@H](OC(=O)C1=CN2CCS(=O)(=O)N=C2C=C1)c1ccccc1. The maximum Gasteiger partial charge on any atom is 0.340 e. The summed E-state index contributed by atoms with van der Waals surface area (Å²) in [5.74, 6) is -0.916. The van der Waals surface area contributed by atoms with Gasteiger partial charge in [-0.05, 0) is 12.2 Å². The van der Waals surface area contributed by atoms with Crippen molar-refractivity contribution in [3.63, 3.8) is 0 Å². The van der Waals surface area contributed by atoms with Crippen LogP contribution in [-0.4, -0.2) is 62.3 Å². The molecule has 0 unspecified atom stereocenters. The molecule has 2 heterocycles. The van der Waals surface area contributed by atoms with Crippen molar-refractivity contribution in [1.82, 2.24) is 9.80 Å². The molecule has 0 saturated heterocycles. The lowest BCUT2D eigenvalue weighted by Gasteiger charge is -2.27. The van der Waals surface area contributed by atoms with Crippen LogP contribution >= 0.6 is 0 Å². The van der Waals surface area contributed by atoms with E-state index in [1.165, 1.54) is 23.3 Å². The summed E-state index contributed by atoms with van der Waals surface area (Å²) in [5.41, 5.74) is 0.775. The van der Waals surface area contributed by atoms with Crippen molar-refractivity contribution < 1.29 is 22.7 Å². The number of ether oxygens (including phenoxy) is 1. The Morgan fingerprint density at radius 3 is 2.56 bits per heavy atom. The molecule has 0 saturated carbocycles. The number of carbonyl (C=O) groups is 2. The highest BCUT2D eigenvalue weighted by molar-refractivity contribution is 7.90. The third kappa shape index (κ3) is 4.25. The van der Waals surface area contributed by atoms with Crippen LogP contribution in [-0.2, 0) is 24.3 Å². The third-order valence-electron chi connectivity index (χ3n) is 4.05. The van der Waals surface area contributed by atoms with Gasteiger partial charge in [-0.2, -0.15) is 0 Å². The van der Waals surface area contributed by atoms with E-state index in [1.54, 1.807) is 49.3 Å². The lowest BCUT2D eigenvalue weighted by atomic mass is 10.1. The molecule has 27 heavy (non-hydrogen) atoms. The van der Waals surface area contributed by atoms with Crippen LogP contribution in [0.3, 0.4) is 0 Å². The van der Waals surface area contributed by atoms with Gasteiger partial charge in [-0.1, -0.05) is 30.3 Å². The lowest BCUT2D eigenvalue weighted by molar-refractivity contribution is -0.156. The van der Waals surface area contributed by atoms with Gasteiger partial charge < -0.3 is 14.5 Å². The van der Waals surface area contributed by atoms with E-state index < -0.39 is 22.1 Å². The van der Waals surface area contributed by atoms with Crippen molar-refractivity contribution in [2.24, 2.45) is 4.40 Å². The van der Waals surface area contributed by atoms with Crippen LogP contribution in [0.4, 0.5) is 0 Å². The van der Waals surface area contributed by atoms with Crippen LogP contribution in [0.15, 0.2) is 58.7 Å². The minimum atomic E-state index is -3.47. The number of rotatable bonds is 4. The van der Waals surface area contributed by atoms with Gasteiger partial charge in [0.2, 0.25) is 6.10 Å². The van der Waals surface area contributed by atoms with Gasteiger partial charge in [0.25, 0.3) is 15.9 Å². The normalized spacial score (nSPS) is 18.7. The molecular weight excluding hydrogens is 370 g/mol. The molecule has 2 aliphatic heterocycles. The molecule has 1 aromatic carbocycles. The van der Waals surface area contributed by atoms with Gasteiger partial charge in [0, 0.05) is 32.4 Å². The minimum absolute atomic E-state index is 0.130. The number of hydrogen-bond donors (Lipinski definition) is 0. The van der Waals surface area contributed by atoms with Gasteiger partial charge in [-0.3, -0.25) is 4.79 Å². The molecule has 0 radical (unpaired) electrons. The summed E-state index contributed by atoms with van der Waals surface area (Å²) >= 11 is 0. The van der Waals surface area contributed by atoms with Gasteiger partial charge >= 0.3 is 5.97 Å². The molecule has 0 fully saturated rings. The Labute approximate surface area is 157 Å². The fourth-order valence-electron chi connectivity index (χ4n) is 2.62. The third-order valence-corrected chi connectivity index (χ3v) is 5.22. The lowest BCUT2D eigenvalue weighted by Crippen LogP contribution is -2.37. The van der Waals surface area contributed by atoms with Crippen molar-refractivity contribution in [1.29, 1.82) is 0 Å². The van der Waals surface area contributed by atoms with E-state index in [0.717, 1.165) is 0 Å². The molecule has 0 bridgehead atoms. The predicted octanol–water partition coefficient (Wildman–Crippen LogP) is 0.857. The number of nitrogens with zero attached hydrogens (tertiary/aromatic N) is 3. The molecular formula is C18H19N3O5S. The number of sulfonamides is 1. The maximum atomic E-state index is 12.6. The van der Waals surface area contributed by atoms with Crippen LogP contribution in [0.5, 0.6) is 0 Å². The average molecular weight is 389 g/mol. The largest absolute Gasteiger partial charge is 0.444 e. The molecule has 1 atom stereocenters. The van der Waals surface area contributed by atoms with Crippen molar-refractivity contribution in [2.75, 3.05) is 26.4 Å². The number of amidine groups is 1. The first-order chi connectivity index (χ1) is 12.8. The highest BCUT2D eigenvalue weighted by Crippen LogP contribution is 2.23. The molecule has 1 amide bonds. The van der Waals surface area contributed by atoms with E-state index in [4.69, 9.17) is 4.74 Å². The molecule has 3 rings (SSSR count). The molecule has 0 N–H and O–H groups in total. The number of benzene rings is 1. The van der Waals surface area contributed by atoms with E-state index in [0.29, 0.717) is 5.56 Å². The summed E-state index contributed by atoms with van der Waals surface area (Å²) in [6.07, 6.45) is 3.29. The van der Waals surface area contributed by atoms with Crippen molar-refractivity contribution in [3.05, 3.63) is 59.8 Å². The molecule has 9 heteroatoms. The number of fused-ring (bicyclic) bond motifs is 1. The summed E-state index contributed by atoms with van der Waals surface area (Å²) in [7, 11) is -0.295. The van der Waals surface area contributed by atoms with Crippen molar-refractivity contribution in [3.8, 4) is 0 Å². The van der Waals surface area contributed by atoms with Crippen LogP contribution in [0.2, 0.25) is 0 Å². The zero-order valence-electron chi connectivity index (χ0n) is 14.9. The van der Waals surface area contributed by atoms with Crippen LogP contribution < -0.4 is 0 Å². The van der Waals surface area contributed by atoms with Gasteiger partial charge in [-0.25, -0.2) is 13.2 Å². The molecule has 0 aliphatic carbocycles. The first-order valence-corrected chi connectivity index (χ1v) is 9.84. The van der Waals surface area contributed by atoms with E-state index in [-0.39, 0.29) is 29.6 Å². The van der Waals surface area contributed by atoms with E-state index >= 15 is 0 Å². The Hall–Kier alpha value is -2.94. The molecule has 0 aromatic heterocycles. The highest BCUT2D eigenvalue weighted by atomic mass is 32.2. The smallest absolute Gasteiger partial charge is 0.340 e. The van der Waals surface area contributed by atoms with E-state index in [2.05, 4.69) is 4.40 Å². The summed E-state index contributed by atoms with van der Waals surface area (Å²) in [5, 5.41) is 0. The molecule has 142 valence electrons. The zero-order valence-corrected chi connectivity index (χ0v) is 15.7. The molecule has 1 aromatic rings. The molecule has 8 nitrogen and oxygen atoms in total. The number of likely N-dealkylation sites (N-methyl/N-ethyl adjacent to an activating group) is 1. The second kappa shape index (κ2) is 7.36. The zero-order chi connectivity index (χ0) is 19.6. The average Bonchev–Trinajstić information content (AvgIpc) is 2.65. The van der Waals surface area contributed by atoms with Crippen molar-refractivity contribution in [2.45, 2.75) is 6.10 Å². The molecule has 2 aliphatic rings. The summed E-state index contributed by atoms with van der Waals surface area (Å²) in [6, 6.07) is 8.75. The van der Waals surface area contributed by atoms with Crippen LogP contribution in [0.25, 0.3) is 0 Å². The second-order valence-corrected chi connectivity index (χ2v) is 8.03. The number of amides is 1. The fourth-order valence-corrected chi connectivity index (χ4v) is 3.59. The first-order valence-electron chi connectivity index (χ1n) is 8.23. The van der Waals surface area contributed by atoms with Gasteiger partial charge in [0.15, 0.2) is 0 Å². The molecule has 0 spiro atoms. The Bertz CT molecular complexity index is 948. The summed E-state index contributed by atoms with van der Waals surface area (Å²) in [6.45, 7) is 0.195. The van der Waals surface area contributed by atoms with E-state index in [9.17, 15) is 18.0 Å². The van der Waals surface area contributed by atoms with E-state index in [1.807, 2.05) is 0 Å². The monoisotopic (exact) mass is 389 g/mol. The maximum absolute atomic E-state index is 12.6. The summed E-state index contributed by atoms with van der Waals surface area (Å²) < 4.78 is 32.3. The number of carbonyl (C=O) groups excluding carboxylic acids is 2. The first kappa shape index (κ1) is 18.8. The summed E-state index contributed by atoms with van der Waals surface area (Å²) in [4.78, 5) is 28.0. The van der Waals surface area contributed by atoms with Gasteiger partial charge in [0.1, 0.15) is 5.84 Å². The second-order valence-electron chi connectivity index (χ2n) is 6.28. The van der Waals surface area contributed by atoms with Gasteiger partial charge in [-0.15, -0.1) is 4.40 Å². The Morgan fingerprint density at radius 1 is 1.19 bits per heavy atom. The quantitative estimate of drug-likeness (QED) is 0.709.